The van der Waals surface area contributed by atoms with Gasteiger partial charge in [0, 0.05) is 24.5 Å². The Morgan fingerprint density at radius 2 is 2.03 bits per heavy atom. The Balaban J connectivity index is 1.36. The van der Waals surface area contributed by atoms with Gasteiger partial charge in [0.15, 0.2) is 5.13 Å². The molecule has 0 bridgehead atoms. The van der Waals surface area contributed by atoms with Crippen LogP contribution in [-0.2, 0) is 23.8 Å². The lowest BCUT2D eigenvalue weighted by atomic mass is 10.0. The number of benzene rings is 2. The fourth-order valence-corrected chi connectivity index (χ4v) is 4.15. The maximum absolute atomic E-state index is 14.0. The summed E-state index contributed by atoms with van der Waals surface area (Å²) in [7, 11) is 0. The number of carbonyl (C=O) groups is 1. The molecule has 0 saturated heterocycles. The first kappa shape index (κ1) is 21.3. The van der Waals surface area contributed by atoms with Crippen LogP contribution in [0, 0.1) is 5.82 Å². The number of hydrogen-bond donors (Lipinski definition) is 3. The van der Waals surface area contributed by atoms with Crippen LogP contribution >= 0.6 is 11.3 Å². The van der Waals surface area contributed by atoms with Crippen LogP contribution in [0.4, 0.5) is 28.4 Å². The van der Waals surface area contributed by atoms with E-state index in [9.17, 15) is 22.4 Å². The number of carbonyl (C=O) groups excluding carboxylic acids is 1. The van der Waals surface area contributed by atoms with Crippen molar-refractivity contribution in [1.82, 2.24) is 4.98 Å². The molecule has 2 aromatic carbocycles. The zero-order valence-electron chi connectivity index (χ0n) is 16.1. The van der Waals surface area contributed by atoms with Crippen molar-refractivity contribution < 1.29 is 22.4 Å². The molecule has 5 nitrogen and oxygen atoms in total. The molecule has 1 aliphatic rings. The Labute approximate surface area is 179 Å². The van der Waals surface area contributed by atoms with Crippen LogP contribution in [0.2, 0.25) is 0 Å². The summed E-state index contributed by atoms with van der Waals surface area (Å²) in [5.41, 5.74) is 7.82. The Morgan fingerprint density at radius 3 is 2.77 bits per heavy atom. The van der Waals surface area contributed by atoms with Crippen molar-refractivity contribution in [3.63, 3.8) is 0 Å². The van der Waals surface area contributed by atoms with Crippen LogP contribution in [-0.4, -0.2) is 23.5 Å². The minimum absolute atomic E-state index is 0.0303. The van der Waals surface area contributed by atoms with Crippen LogP contribution in [0.1, 0.15) is 16.7 Å². The van der Waals surface area contributed by atoms with Crippen molar-refractivity contribution in [2.75, 3.05) is 17.2 Å². The van der Waals surface area contributed by atoms with Gasteiger partial charge in [-0.15, -0.1) is 0 Å². The number of alkyl halides is 3. The number of rotatable bonds is 6. The molecular weight excluding hydrogens is 432 g/mol. The zero-order valence-corrected chi connectivity index (χ0v) is 16.9. The molecule has 10 heteroatoms. The first-order valence-corrected chi connectivity index (χ1v) is 10.2. The summed E-state index contributed by atoms with van der Waals surface area (Å²) >= 11 is 1.41. The maximum atomic E-state index is 14.0. The number of aromatic nitrogens is 1. The Hall–Kier alpha value is -2.98. The van der Waals surface area contributed by atoms with Crippen molar-refractivity contribution in [2.45, 2.75) is 25.1 Å². The highest BCUT2D eigenvalue weighted by Gasteiger charge is 2.31. The lowest BCUT2D eigenvalue weighted by molar-refractivity contribution is -0.137. The number of nitrogens with zero attached hydrogens (tertiary/aromatic N) is 1. The first-order valence-electron chi connectivity index (χ1n) is 9.43. The second-order valence-corrected chi connectivity index (χ2v) is 8.31. The smallest absolute Gasteiger partial charge is 0.360 e. The normalized spacial score (nSPS) is 14.3. The average molecular weight is 450 g/mol. The molecule has 1 aliphatic heterocycles. The lowest BCUT2D eigenvalue weighted by Crippen LogP contribution is -2.31. The number of amides is 1. The predicted molar refractivity (Wildman–Crippen MR) is 111 cm³/mol. The fourth-order valence-electron chi connectivity index (χ4n) is 3.33. The predicted octanol–water partition coefficient (Wildman–Crippen LogP) is 4.44. The zero-order chi connectivity index (χ0) is 22.2. The van der Waals surface area contributed by atoms with Crippen molar-refractivity contribution in [1.29, 1.82) is 0 Å². The summed E-state index contributed by atoms with van der Waals surface area (Å²) in [4.78, 5) is 16.7. The van der Waals surface area contributed by atoms with E-state index < -0.39 is 23.6 Å². The van der Waals surface area contributed by atoms with E-state index in [-0.39, 0.29) is 24.4 Å². The second kappa shape index (κ2) is 8.27. The van der Waals surface area contributed by atoms with Crippen molar-refractivity contribution in [3.05, 3.63) is 65.1 Å². The van der Waals surface area contributed by atoms with Gasteiger partial charge in [0.2, 0.25) is 5.91 Å². The summed E-state index contributed by atoms with van der Waals surface area (Å²) in [5.74, 6) is -0.955. The van der Waals surface area contributed by atoms with Crippen molar-refractivity contribution in [3.8, 4) is 10.4 Å². The molecule has 4 rings (SSSR count). The Bertz CT molecular complexity index is 1130. The molecule has 162 valence electrons. The summed E-state index contributed by atoms with van der Waals surface area (Å²) in [5, 5.41) is 6.49. The second-order valence-electron chi connectivity index (χ2n) is 7.28. The fraction of sp³-hybridized carbons (Fsp3) is 0.238. The third kappa shape index (κ3) is 4.86. The topological polar surface area (TPSA) is 80.0 Å². The highest BCUT2D eigenvalue weighted by molar-refractivity contribution is 7.18. The molecule has 1 aromatic heterocycles. The quantitative estimate of drug-likeness (QED) is 0.485. The number of hydrogen-bond acceptors (Lipinski definition) is 5. The monoisotopic (exact) mass is 450 g/mol. The van der Waals surface area contributed by atoms with Gasteiger partial charge in [0.05, 0.1) is 16.9 Å². The van der Waals surface area contributed by atoms with E-state index >= 15 is 0 Å². The standard InChI is InChI=1S/C21H18F4N4OS/c22-16-8-14(21(23,24)25)3-1-11(16)6-15(26)9-27-20-28-10-18(31-20)12-2-4-17-13(5-12)7-19(30)29-17/h1-5,8,10,15H,6-7,9,26H2,(H,27,28)(H,29,30). The Kier molecular flexibility index (Phi) is 5.67. The molecule has 4 N–H and O–H groups in total. The van der Waals surface area contributed by atoms with Gasteiger partial charge in [-0.25, -0.2) is 9.37 Å². The number of anilines is 2. The van der Waals surface area contributed by atoms with Crippen molar-refractivity contribution >= 4 is 28.1 Å². The molecule has 3 aromatic rings. The number of nitrogens with two attached hydrogens (primary N) is 1. The third-order valence-corrected chi connectivity index (χ3v) is 5.90. The van der Waals surface area contributed by atoms with E-state index in [1.54, 1.807) is 6.20 Å². The Morgan fingerprint density at radius 1 is 1.23 bits per heavy atom. The average Bonchev–Trinajstić information content (AvgIpc) is 3.32. The van der Waals surface area contributed by atoms with Crippen LogP contribution < -0.4 is 16.4 Å². The maximum Gasteiger partial charge on any atom is 0.416 e. The van der Waals surface area contributed by atoms with Gasteiger partial charge in [-0.05, 0) is 47.4 Å². The van der Waals surface area contributed by atoms with E-state index in [1.807, 2.05) is 18.2 Å². The lowest BCUT2D eigenvalue weighted by Gasteiger charge is -2.14. The molecule has 0 radical (unpaired) electrons. The molecular formula is C21H18F4N4OS. The number of fused-ring (bicyclic) bond motifs is 1. The van der Waals surface area contributed by atoms with Gasteiger partial charge in [0.1, 0.15) is 5.82 Å². The molecule has 0 fully saturated rings. The highest BCUT2D eigenvalue weighted by atomic mass is 32.1. The van der Waals surface area contributed by atoms with Crippen LogP contribution in [0.25, 0.3) is 10.4 Å². The minimum Gasteiger partial charge on any atom is -0.360 e. The molecule has 2 heterocycles. The number of thiazole rings is 1. The first-order chi connectivity index (χ1) is 14.7. The summed E-state index contributed by atoms with van der Waals surface area (Å²) in [6.45, 7) is 0.274. The summed E-state index contributed by atoms with van der Waals surface area (Å²) < 4.78 is 52.0. The van der Waals surface area contributed by atoms with E-state index in [0.29, 0.717) is 17.6 Å². The largest absolute Gasteiger partial charge is 0.416 e. The molecule has 1 amide bonds. The van der Waals surface area contributed by atoms with Crippen LogP contribution in [0.5, 0.6) is 0 Å². The van der Waals surface area contributed by atoms with Crippen molar-refractivity contribution in [2.24, 2.45) is 5.73 Å². The molecule has 0 spiro atoms. The van der Waals surface area contributed by atoms with Gasteiger partial charge < -0.3 is 16.4 Å². The van der Waals surface area contributed by atoms with Gasteiger partial charge >= 0.3 is 6.18 Å². The third-order valence-electron chi connectivity index (χ3n) is 4.90. The highest BCUT2D eigenvalue weighted by Crippen LogP contribution is 2.33. The molecule has 0 saturated carbocycles. The van der Waals surface area contributed by atoms with Gasteiger partial charge in [-0.2, -0.15) is 13.2 Å². The van der Waals surface area contributed by atoms with E-state index in [0.717, 1.165) is 33.8 Å². The molecule has 1 atom stereocenters. The van der Waals surface area contributed by atoms with Gasteiger partial charge in [0.25, 0.3) is 0 Å². The van der Waals surface area contributed by atoms with E-state index in [1.165, 1.54) is 11.3 Å². The van der Waals surface area contributed by atoms with Crippen LogP contribution in [0.3, 0.4) is 0 Å². The summed E-state index contributed by atoms with van der Waals surface area (Å²) in [6, 6.07) is 7.65. The van der Waals surface area contributed by atoms with E-state index in [4.69, 9.17) is 5.73 Å². The minimum atomic E-state index is -4.59. The molecule has 0 aliphatic carbocycles. The van der Waals surface area contributed by atoms with Gasteiger partial charge in [-0.1, -0.05) is 23.5 Å². The molecule has 31 heavy (non-hydrogen) atoms. The number of halogens is 4. The molecule has 1 unspecified atom stereocenters. The summed E-state index contributed by atoms with van der Waals surface area (Å²) in [6.07, 6.45) is -2.44. The van der Waals surface area contributed by atoms with Gasteiger partial charge in [-0.3, -0.25) is 4.79 Å². The number of nitrogens with one attached hydrogen (secondary N) is 2. The SMILES string of the molecule is NC(CNc1ncc(-c2ccc3c(c2)CC(=O)N3)s1)Cc1ccc(C(F)(F)F)cc1F. The van der Waals surface area contributed by atoms with E-state index in [2.05, 4.69) is 15.6 Å². The van der Waals surface area contributed by atoms with Crippen LogP contribution in [0.15, 0.2) is 42.6 Å².